The maximum atomic E-state index is 2.59. The van der Waals surface area contributed by atoms with Crippen molar-refractivity contribution in [1.29, 1.82) is 0 Å². The molecule has 2 aliphatic rings. The van der Waals surface area contributed by atoms with Crippen molar-refractivity contribution in [2.75, 3.05) is 0 Å². The molecule has 2 aromatic carbocycles. The summed E-state index contributed by atoms with van der Waals surface area (Å²) < 4.78 is 3.34. The Morgan fingerprint density at radius 3 is 1.48 bits per heavy atom. The van der Waals surface area contributed by atoms with Gasteiger partial charge < -0.3 is 0 Å². The Balaban J connectivity index is 1.93. The first kappa shape index (κ1) is 16.9. The molecule has 2 unspecified atom stereocenters. The molecule has 0 bridgehead atoms. The number of hydrogen-bond donors (Lipinski definition) is 0. The summed E-state index contributed by atoms with van der Waals surface area (Å²) in [7, 11) is 0. The molecule has 2 aliphatic carbocycles. The summed E-state index contributed by atoms with van der Waals surface area (Å²) in [5, 5.41) is 0. The van der Waals surface area contributed by atoms with Crippen LogP contribution in [0.3, 0.4) is 0 Å². The van der Waals surface area contributed by atoms with Crippen molar-refractivity contribution in [2.45, 2.75) is 51.0 Å². The minimum absolute atomic E-state index is 0.546. The molecule has 0 heterocycles. The fourth-order valence-corrected chi connectivity index (χ4v) is 12.2. The Labute approximate surface area is 155 Å². The third-order valence-corrected chi connectivity index (χ3v) is 13.8. The zero-order valence-corrected chi connectivity index (χ0v) is 18.4. The van der Waals surface area contributed by atoms with Crippen molar-refractivity contribution in [3.8, 4) is 0 Å². The molecule has 0 amide bonds. The summed E-state index contributed by atoms with van der Waals surface area (Å²) >= 11 is -2.40. The van der Waals surface area contributed by atoms with Gasteiger partial charge in [0, 0.05) is 0 Å². The quantitative estimate of drug-likeness (QED) is 0.591. The van der Waals surface area contributed by atoms with Crippen LogP contribution < -0.4 is 8.79 Å². The Bertz CT molecular complexity index is 852. The Kier molecular flexibility index (Phi) is 3.88. The standard InChI is InChI=1S/C24H28Ge/c1-15-13-17(3)23-19(15)9-7-11-21(23)25(5,6)22-12-8-10-20-16(2)14-18(4)24(20)22/h7-14,17-18H,1-6H3. The van der Waals surface area contributed by atoms with Crippen molar-refractivity contribution < 1.29 is 0 Å². The molecular weight excluding hydrogens is 361 g/mol. The maximum absolute atomic E-state index is 2.59. The first-order valence-corrected chi connectivity index (χ1v) is 15.8. The van der Waals surface area contributed by atoms with Crippen LogP contribution in [0.5, 0.6) is 0 Å². The van der Waals surface area contributed by atoms with E-state index in [1.807, 2.05) is 0 Å². The van der Waals surface area contributed by atoms with Gasteiger partial charge >= 0.3 is 155 Å². The Morgan fingerprint density at radius 2 is 1.08 bits per heavy atom. The predicted octanol–water partition coefficient (Wildman–Crippen LogP) is 5.55. The first-order valence-electron chi connectivity index (χ1n) is 9.46. The monoisotopic (exact) mass is 390 g/mol. The molecule has 25 heavy (non-hydrogen) atoms. The van der Waals surface area contributed by atoms with Gasteiger partial charge in [-0.15, -0.1) is 0 Å². The van der Waals surface area contributed by atoms with E-state index in [9.17, 15) is 0 Å². The van der Waals surface area contributed by atoms with E-state index in [1.165, 1.54) is 22.3 Å². The van der Waals surface area contributed by atoms with E-state index in [2.05, 4.69) is 87.8 Å². The topological polar surface area (TPSA) is 0 Å². The van der Waals surface area contributed by atoms with E-state index in [4.69, 9.17) is 0 Å². The summed E-state index contributed by atoms with van der Waals surface area (Å²) in [6.45, 7) is 9.26. The van der Waals surface area contributed by atoms with Gasteiger partial charge in [-0.25, -0.2) is 0 Å². The first-order chi connectivity index (χ1) is 11.8. The van der Waals surface area contributed by atoms with Crippen LogP contribution in [0.15, 0.2) is 48.6 Å². The van der Waals surface area contributed by atoms with Crippen LogP contribution in [0.1, 0.15) is 61.8 Å². The molecule has 0 radical (unpaired) electrons. The van der Waals surface area contributed by atoms with Crippen LogP contribution in [0.4, 0.5) is 0 Å². The van der Waals surface area contributed by atoms with Gasteiger partial charge in [-0.2, -0.15) is 0 Å². The molecule has 2 atom stereocenters. The van der Waals surface area contributed by atoms with E-state index in [1.54, 1.807) is 19.9 Å². The van der Waals surface area contributed by atoms with Crippen LogP contribution in [-0.4, -0.2) is 13.3 Å². The van der Waals surface area contributed by atoms with Gasteiger partial charge in [-0.3, -0.25) is 0 Å². The third-order valence-electron chi connectivity index (χ3n) is 6.32. The van der Waals surface area contributed by atoms with Crippen molar-refractivity contribution in [1.82, 2.24) is 0 Å². The number of benzene rings is 2. The van der Waals surface area contributed by atoms with Gasteiger partial charge in [-0.05, 0) is 0 Å². The van der Waals surface area contributed by atoms with Crippen molar-refractivity contribution in [2.24, 2.45) is 0 Å². The Hall–Kier alpha value is -1.54. The molecule has 0 fully saturated rings. The molecule has 128 valence electrons. The van der Waals surface area contributed by atoms with Gasteiger partial charge in [-0.1, -0.05) is 0 Å². The normalized spacial score (nSPS) is 21.7. The summed E-state index contributed by atoms with van der Waals surface area (Å²) in [6, 6.07) is 14.1. The molecule has 0 aromatic heterocycles. The van der Waals surface area contributed by atoms with Crippen molar-refractivity contribution in [3.05, 3.63) is 70.8 Å². The van der Waals surface area contributed by atoms with Gasteiger partial charge in [0.15, 0.2) is 0 Å². The molecule has 0 aliphatic heterocycles. The zero-order valence-electron chi connectivity index (χ0n) is 16.3. The fourth-order valence-electron chi connectivity index (χ4n) is 5.13. The van der Waals surface area contributed by atoms with Crippen LogP contribution in [0.25, 0.3) is 11.1 Å². The van der Waals surface area contributed by atoms with Gasteiger partial charge in [0.05, 0.1) is 0 Å². The summed E-state index contributed by atoms with van der Waals surface area (Å²) in [5.74, 6) is 6.27. The molecule has 1 heteroatoms. The van der Waals surface area contributed by atoms with Crippen molar-refractivity contribution >= 4 is 33.2 Å². The van der Waals surface area contributed by atoms with Crippen LogP contribution in [0.2, 0.25) is 11.5 Å². The second-order valence-electron chi connectivity index (χ2n) is 8.44. The van der Waals surface area contributed by atoms with E-state index in [0.29, 0.717) is 11.8 Å². The predicted molar refractivity (Wildman–Crippen MR) is 114 cm³/mol. The summed E-state index contributed by atoms with van der Waals surface area (Å²) in [5.41, 5.74) is 9.09. The fraction of sp³-hybridized carbons (Fsp3) is 0.333. The zero-order chi connectivity index (χ0) is 17.9. The van der Waals surface area contributed by atoms with Crippen LogP contribution in [0, 0.1) is 0 Å². The Morgan fingerprint density at radius 1 is 0.680 bits per heavy atom. The summed E-state index contributed by atoms with van der Waals surface area (Å²) in [4.78, 5) is 0. The molecular formula is C24H28Ge. The number of rotatable bonds is 2. The number of hydrogen-bond acceptors (Lipinski definition) is 0. The van der Waals surface area contributed by atoms with Gasteiger partial charge in [0.25, 0.3) is 0 Å². The average Bonchev–Trinajstić information content (AvgIpc) is 3.04. The molecule has 0 nitrogen and oxygen atoms in total. The van der Waals surface area contributed by atoms with Crippen LogP contribution >= 0.6 is 0 Å². The van der Waals surface area contributed by atoms with E-state index in [-0.39, 0.29) is 0 Å². The van der Waals surface area contributed by atoms with E-state index < -0.39 is 13.3 Å². The molecule has 0 saturated heterocycles. The number of allylic oxidation sites excluding steroid dienone is 4. The average molecular weight is 389 g/mol. The second kappa shape index (κ2) is 5.74. The van der Waals surface area contributed by atoms with Crippen LogP contribution in [-0.2, 0) is 0 Å². The minimum atomic E-state index is -2.40. The molecule has 0 saturated carbocycles. The summed E-state index contributed by atoms with van der Waals surface area (Å²) in [6.07, 6.45) is 4.88. The second-order valence-corrected chi connectivity index (χ2v) is 17.5. The van der Waals surface area contributed by atoms with Gasteiger partial charge in [0.1, 0.15) is 0 Å². The van der Waals surface area contributed by atoms with E-state index >= 15 is 0 Å². The van der Waals surface area contributed by atoms with Gasteiger partial charge in [0.2, 0.25) is 0 Å². The third kappa shape index (κ3) is 2.41. The SMILES string of the molecule is CC1=CC(C)c2c1ccc[c]2[Ge]([CH3])([CH3])[c]1cccc2c1C(C)C=C2C. The molecule has 0 spiro atoms. The van der Waals surface area contributed by atoms with E-state index in [0.717, 1.165) is 0 Å². The molecule has 0 N–H and O–H groups in total. The molecule has 4 rings (SSSR count). The van der Waals surface area contributed by atoms with Crippen molar-refractivity contribution in [3.63, 3.8) is 0 Å². The number of fused-ring (bicyclic) bond motifs is 2. The molecule has 2 aromatic rings.